The fourth-order valence-electron chi connectivity index (χ4n) is 3.69. The Morgan fingerprint density at radius 2 is 2.21 bits per heavy atom. The Bertz CT molecular complexity index is 1170. The van der Waals surface area contributed by atoms with Crippen molar-refractivity contribution in [3.8, 4) is 11.1 Å². The molecule has 0 aliphatic carbocycles. The van der Waals surface area contributed by atoms with Crippen LogP contribution < -0.4 is 10.9 Å². The van der Waals surface area contributed by atoms with Gasteiger partial charge in [-0.3, -0.25) is 14.2 Å². The first kappa shape index (κ1) is 23.9. The number of hydrogen-bond acceptors (Lipinski definition) is 7. The molecule has 176 valence electrons. The van der Waals surface area contributed by atoms with E-state index in [0.717, 1.165) is 30.6 Å². The van der Waals surface area contributed by atoms with Gasteiger partial charge >= 0.3 is 0 Å². The van der Waals surface area contributed by atoms with Crippen LogP contribution in [0.15, 0.2) is 39.6 Å². The van der Waals surface area contributed by atoms with Crippen LogP contribution in [0.4, 0.5) is 4.39 Å². The third-order valence-electron chi connectivity index (χ3n) is 5.51. The molecule has 0 radical (unpaired) electrons. The van der Waals surface area contributed by atoms with E-state index in [1.165, 1.54) is 35.2 Å². The number of aromatic nitrogens is 2. The van der Waals surface area contributed by atoms with Crippen LogP contribution >= 0.6 is 23.1 Å². The summed E-state index contributed by atoms with van der Waals surface area (Å²) in [6.45, 7) is 3.66. The maximum absolute atomic E-state index is 13.5. The average molecular weight is 492 g/mol. The number of nitrogens with one attached hydrogen (secondary N) is 1. The zero-order chi connectivity index (χ0) is 23.4. The van der Waals surface area contributed by atoms with Gasteiger partial charge in [0.05, 0.1) is 29.9 Å². The van der Waals surface area contributed by atoms with E-state index < -0.39 is 5.25 Å². The number of nitrogens with zero attached hydrogens (tertiary/aromatic N) is 2. The predicted octanol–water partition coefficient (Wildman–Crippen LogP) is 3.69. The fraction of sp³-hybridized carbons (Fsp3) is 0.435. The van der Waals surface area contributed by atoms with Gasteiger partial charge in [0.2, 0.25) is 5.91 Å². The Labute approximate surface area is 199 Å². The molecule has 1 aromatic carbocycles. The Balaban J connectivity index is 1.62. The van der Waals surface area contributed by atoms with Crippen LogP contribution in [-0.2, 0) is 20.8 Å². The number of fused-ring (bicyclic) bond motifs is 1. The second kappa shape index (κ2) is 10.8. The van der Waals surface area contributed by atoms with E-state index in [1.54, 1.807) is 30.7 Å². The largest absolute Gasteiger partial charge is 0.383 e. The molecule has 2 atom stereocenters. The van der Waals surface area contributed by atoms with Crippen molar-refractivity contribution in [3.05, 3.63) is 45.8 Å². The van der Waals surface area contributed by atoms with Gasteiger partial charge < -0.3 is 14.8 Å². The third kappa shape index (κ3) is 5.46. The second-order valence-corrected chi connectivity index (χ2v) is 9.99. The molecule has 3 heterocycles. The highest BCUT2D eigenvalue weighted by Gasteiger charge is 2.23. The number of methoxy groups -OCH3 is 1. The van der Waals surface area contributed by atoms with Gasteiger partial charge in [-0.15, -0.1) is 11.3 Å². The molecule has 2 aromatic heterocycles. The van der Waals surface area contributed by atoms with E-state index in [4.69, 9.17) is 14.5 Å². The molecular formula is C23H26FN3O4S2. The summed E-state index contributed by atoms with van der Waals surface area (Å²) in [6.07, 6.45) is 2.03. The lowest BCUT2D eigenvalue weighted by Gasteiger charge is -2.17. The van der Waals surface area contributed by atoms with Crippen molar-refractivity contribution < 1.29 is 18.7 Å². The second-order valence-electron chi connectivity index (χ2n) is 7.82. The van der Waals surface area contributed by atoms with Gasteiger partial charge in [-0.2, -0.15) is 0 Å². The van der Waals surface area contributed by atoms with E-state index >= 15 is 0 Å². The molecular weight excluding hydrogens is 465 g/mol. The Morgan fingerprint density at radius 1 is 1.42 bits per heavy atom. The quantitative estimate of drug-likeness (QED) is 0.363. The number of benzene rings is 1. The number of thiophene rings is 1. The van der Waals surface area contributed by atoms with Gasteiger partial charge in [0.25, 0.3) is 5.56 Å². The summed E-state index contributed by atoms with van der Waals surface area (Å²) in [4.78, 5) is 31.4. The lowest BCUT2D eigenvalue weighted by atomic mass is 10.1. The molecule has 1 saturated heterocycles. The lowest BCUT2D eigenvalue weighted by molar-refractivity contribution is -0.120. The van der Waals surface area contributed by atoms with Gasteiger partial charge in [0.15, 0.2) is 5.16 Å². The van der Waals surface area contributed by atoms with E-state index in [2.05, 4.69) is 5.32 Å². The van der Waals surface area contributed by atoms with Crippen LogP contribution in [0.2, 0.25) is 0 Å². The summed E-state index contributed by atoms with van der Waals surface area (Å²) in [5.41, 5.74) is 1.27. The van der Waals surface area contributed by atoms with Gasteiger partial charge in [-0.1, -0.05) is 23.9 Å². The summed E-state index contributed by atoms with van der Waals surface area (Å²) in [7, 11) is 1.57. The van der Waals surface area contributed by atoms with Crippen molar-refractivity contribution >= 4 is 39.2 Å². The SMILES string of the molecule is COCCn1c(S[C@@H](C)C(=O)NC[C@@H]2CCCO2)nc2scc(-c3ccc(F)cc3)c2c1=O. The summed E-state index contributed by atoms with van der Waals surface area (Å²) in [6, 6.07) is 6.05. The molecule has 1 fully saturated rings. The van der Waals surface area contributed by atoms with Crippen LogP contribution in [0.3, 0.4) is 0 Å². The number of thioether (sulfide) groups is 1. The number of halogens is 1. The summed E-state index contributed by atoms with van der Waals surface area (Å²) >= 11 is 2.60. The monoisotopic (exact) mass is 491 g/mol. The molecule has 0 spiro atoms. The summed E-state index contributed by atoms with van der Waals surface area (Å²) in [5.74, 6) is -0.458. The van der Waals surface area contributed by atoms with E-state index in [1.807, 2.05) is 5.38 Å². The van der Waals surface area contributed by atoms with Crippen LogP contribution in [0.25, 0.3) is 21.3 Å². The molecule has 3 aromatic rings. The number of amides is 1. The zero-order valence-electron chi connectivity index (χ0n) is 18.5. The average Bonchev–Trinajstić information content (AvgIpc) is 3.48. The highest BCUT2D eigenvalue weighted by atomic mass is 32.2. The first-order valence-electron chi connectivity index (χ1n) is 10.8. The van der Waals surface area contributed by atoms with Gasteiger partial charge in [0, 0.05) is 31.2 Å². The Hall–Kier alpha value is -2.27. The smallest absolute Gasteiger partial charge is 0.263 e. The van der Waals surface area contributed by atoms with E-state index in [-0.39, 0.29) is 23.4 Å². The maximum Gasteiger partial charge on any atom is 0.263 e. The molecule has 1 aliphatic rings. The van der Waals surface area contributed by atoms with Crippen molar-refractivity contribution in [2.75, 3.05) is 26.9 Å². The van der Waals surface area contributed by atoms with E-state index in [0.29, 0.717) is 35.1 Å². The number of rotatable bonds is 9. The van der Waals surface area contributed by atoms with Crippen molar-refractivity contribution in [3.63, 3.8) is 0 Å². The first-order chi connectivity index (χ1) is 16.0. The molecule has 1 amide bonds. The van der Waals surface area contributed by atoms with Crippen LogP contribution in [0, 0.1) is 5.82 Å². The molecule has 1 aliphatic heterocycles. The first-order valence-corrected chi connectivity index (χ1v) is 12.6. The normalized spacial score (nSPS) is 16.9. The highest BCUT2D eigenvalue weighted by molar-refractivity contribution is 8.00. The van der Waals surface area contributed by atoms with Crippen LogP contribution in [0.1, 0.15) is 19.8 Å². The Kier molecular flexibility index (Phi) is 7.79. The molecule has 1 N–H and O–H groups in total. The molecule has 33 heavy (non-hydrogen) atoms. The van der Waals surface area contributed by atoms with Crippen molar-refractivity contribution in [1.82, 2.24) is 14.9 Å². The van der Waals surface area contributed by atoms with Crippen molar-refractivity contribution in [1.29, 1.82) is 0 Å². The topological polar surface area (TPSA) is 82.4 Å². The number of carbonyl (C=O) groups excluding carboxylic acids is 1. The minimum absolute atomic E-state index is 0.0662. The third-order valence-corrected chi connectivity index (χ3v) is 7.47. The summed E-state index contributed by atoms with van der Waals surface area (Å²) < 4.78 is 25.7. The van der Waals surface area contributed by atoms with Crippen LogP contribution in [0.5, 0.6) is 0 Å². The molecule has 4 rings (SSSR count). The Morgan fingerprint density at radius 3 is 2.91 bits per heavy atom. The molecule has 0 unspecified atom stereocenters. The summed E-state index contributed by atoms with van der Waals surface area (Å²) in [5, 5.41) is 5.31. The predicted molar refractivity (Wildman–Crippen MR) is 128 cm³/mol. The number of carbonyl (C=O) groups is 1. The zero-order valence-corrected chi connectivity index (χ0v) is 20.1. The molecule has 7 nitrogen and oxygen atoms in total. The minimum Gasteiger partial charge on any atom is -0.383 e. The minimum atomic E-state index is -0.443. The fourth-order valence-corrected chi connectivity index (χ4v) is 5.64. The van der Waals surface area contributed by atoms with Gasteiger partial charge in [0.1, 0.15) is 10.6 Å². The van der Waals surface area contributed by atoms with Gasteiger partial charge in [-0.05, 0) is 37.5 Å². The molecule has 0 bridgehead atoms. The van der Waals surface area contributed by atoms with E-state index in [9.17, 15) is 14.0 Å². The maximum atomic E-state index is 13.5. The van der Waals surface area contributed by atoms with Crippen LogP contribution in [-0.4, -0.2) is 53.7 Å². The van der Waals surface area contributed by atoms with Gasteiger partial charge in [-0.25, -0.2) is 9.37 Å². The van der Waals surface area contributed by atoms with Crippen molar-refractivity contribution in [2.24, 2.45) is 0 Å². The molecule has 10 heteroatoms. The lowest BCUT2D eigenvalue weighted by Crippen LogP contribution is -2.37. The standard InChI is InChI=1S/C23H26FN3O4S2/c1-14(20(28)25-12-17-4-3-10-31-17)33-23-26-21-19(22(29)27(23)9-11-30-2)18(13-32-21)15-5-7-16(24)8-6-15/h5-8,13-14,17H,3-4,9-12H2,1-2H3,(H,25,28)/t14-,17-/m0/s1. The molecule has 0 saturated carbocycles. The van der Waals surface area contributed by atoms with Crippen molar-refractivity contribution in [2.45, 2.75) is 42.8 Å². The number of ether oxygens (including phenoxy) is 2. The number of hydrogen-bond donors (Lipinski definition) is 1. The highest BCUT2D eigenvalue weighted by Crippen LogP contribution is 2.33.